The van der Waals surface area contributed by atoms with Crippen molar-refractivity contribution >= 4 is 10.0 Å². The summed E-state index contributed by atoms with van der Waals surface area (Å²) in [7, 11) is -3.30. The second-order valence-electron chi connectivity index (χ2n) is 4.98. The van der Waals surface area contributed by atoms with Gasteiger partial charge in [-0.05, 0) is 37.3 Å². The Hall–Kier alpha value is -0.980. The van der Waals surface area contributed by atoms with Crippen molar-refractivity contribution in [3.05, 3.63) is 35.6 Å². The standard InChI is InChI=1S/C14H20FNO3S/c15-14-6-2-1-4-12(14)7-9-16-20(17,18)11-8-13-5-3-10-19-13/h1-2,4,6,13,16H,3,5,7-11H2/t13-/m0/s1. The Morgan fingerprint density at radius 3 is 2.85 bits per heavy atom. The monoisotopic (exact) mass is 301 g/mol. The van der Waals surface area contributed by atoms with Crippen LogP contribution in [0.4, 0.5) is 4.39 Å². The molecule has 1 aliphatic heterocycles. The summed E-state index contributed by atoms with van der Waals surface area (Å²) in [5, 5.41) is 0. The van der Waals surface area contributed by atoms with Crippen molar-refractivity contribution in [2.45, 2.75) is 31.8 Å². The lowest BCUT2D eigenvalue weighted by molar-refractivity contribution is 0.109. The number of halogens is 1. The zero-order valence-corrected chi connectivity index (χ0v) is 12.2. The zero-order chi connectivity index (χ0) is 14.4. The van der Waals surface area contributed by atoms with Gasteiger partial charge in [0.15, 0.2) is 0 Å². The van der Waals surface area contributed by atoms with Crippen LogP contribution in [0.15, 0.2) is 24.3 Å². The maximum Gasteiger partial charge on any atom is 0.211 e. The number of hydrogen-bond acceptors (Lipinski definition) is 3. The third-order valence-corrected chi connectivity index (χ3v) is 4.82. The van der Waals surface area contributed by atoms with E-state index in [9.17, 15) is 12.8 Å². The predicted molar refractivity (Wildman–Crippen MR) is 75.5 cm³/mol. The summed E-state index contributed by atoms with van der Waals surface area (Å²) >= 11 is 0. The molecule has 1 N–H and O–H groups in total. The van der Waals surface area contributed by atoms with Crippen molar-refractivity contribution in [3.8, 4) is 0 Å². The van der Waals surface area contributed by atoms with Gasteiger partial charge < -0.3 is 4.74 Å². The van der Waals surface area contributed by atoms with E-state index >= 15 is 0 Å². The number of benzene rings is 1. The molecule has 0 amide bonds. The largest absolute Gasteiger partial charge is 0.378 e. The Kier molecular flexibility index (Phi) is 5.51. The normalized spacial score (nSPS) is 19.4. The molecule has 0 unspecified atom stereocenters. The molecule has 1 aromatic rings. The highest BCUT2D eigenvalue weighted by molar-refractivity contribution is 7.89. The summed E-state index contributed by atoms with van der Waals surface area (Å²) in [6, 6.07) is 6.40. The predicted octanol–water partition coefficient (Wildman–Crippen LogP) is 1.86. The van der Waals surface area contributed by atoms with Gasteiger partial charge in [-0.1, -0.05) is 18.2 Å². The molecular weight excluding hydrogens is 281 g/mol. The molecule has 0 bridgehead atoms. The maximum absolute atomic E-state index is 13.4. The fourth-order valence-corrected chi connectivity index (χ4v) is 3.40. The van der Waals surface area contributed by atoms with E-state index in [0.29, 0.717) is 18.4 Å². The van der Waals surface area contributed by atoms with Crippen molar-refractivity contribution in [1.82, 2.24) is 4.72 Å². The summed E-state index contributed by atoms with van der Waals surface area (Å²) in [6.45, 7) is 0.945. The van der Waals surface area contributed by atoms with E-state index in [1.807, 2.05) is 0 Å². The molecule has 20 heavy (non-hydrogen) atoms. The molecule has 0 aromatic heterocycles. The lowest BCUT2D eigenvalue weighted by Gasteiger charge is -2.10. The van der Waals surface area contributed by atoms with Crippen LogP contribution < -0.4 is 4.72 Å². The molecule has 4 nitrogen and oxygen atoms in total. The fourth-order valence-electron chi connectivity index (χ4n) is 2.27. The minimum atomic E-state index is -3.30. The highest BCUT2D eigenvalue weighted by atomic mass is 32.2. The minimum Gasteiger partial charge on any atom is -0.378 e. The Labute approximate surface area is 119 Å². The molecule has 0 spiro atoms. The second kappa shape index (κ2) is 7.15. The fraction of sp³-hybridized carbons (Fsp3) is 0.571. The molecule has 112 valence electrons. The van der Waals surface area contributed by atoms with Crippen LogP contribution in [-0.2, 0) is 21.2 Å². The van der Waals surface area contributed by atoms with Crippen molar-refractivity contribution < 1.29 is 17.5 Å². The SMILES string of the molecule is O=S(=O)(CC[C@@H]1CCCO1)NCCc1ccccc1F. The zero-order valence-electron chi connectivity index (χ0n) is 11.3. The first-order valence-electron chi connectivity index (χ1n) is 6.89. The summed E-state index contributed by atoms with van der Waals surface area (Å²) in [5.41, 5.74) is 0.523. The van der Waals surface area contributed by atoms with Crippen LogP contribution in [0.25, 0.3) is 0 Å². The van der Waals surface area contributed by atoms with Gasteiger partial charge in [-0.25, -0.2) is 17.5 Å². The molecule has 1 heterocycles. The Balaban J connectivity index is 1.73. The highest BCUT2D eigenvalue weighted by Gasteiger charge is 2.19. The van der Waals surface area contributed by atoms with Crippen LogP contribution in [0.3, 0.4) is 0 Å². The van der Waals surface area contributed by atoms with Crippen LogP contribution in [0, 0.1) is 5.82 Å². The van der Waals surface area contributed by atoms with E-state index in [1.54, 1.807) is 18.2 Å². The van der Waals surface area contributed by atoms with Gasteiger partial charge in [0.05, 0.1) is 11.9 Å². The molecule has 6 heteroatoms. The number of hydrogen-bond donors (Lipinski definition) is 1. The van der Waals surface area contributed by atoms with E-state index in [0.717, 1.165) is 19.4 Å². The summed E-state index contributed by atoms with van der Waals surface area (Å²) in [5.74, 6) is -0.236. The van der Waals surface area contributed by atoms with E-state index in [-0.39, 0.29) is 24.2 Å². The summed E-state index contributed by atoms with van der Waals surface area (Å²) in [4.78, 5) is 0. The number of rotatable bonds is 7. The lowest BCUT2D eigenvalue weighted by Crippen LogP contribution is -2.30. The van der Waals surface area contributed by atoms with E-state index in [1.165, 1.54) is 6.07 Å². The van der Waals surface area contributed by atoms with E-state index in [4.69, 9.17) is 4.74 Å². The molecular formula is C14H20FNO3S. The Bertz CT molecular complexity index is 527. The molecule has 0 radical (unpaired) electrons. The molecule has 1 atom stereocenters. The molecule has 1 aromatic carbocycles. The number of sulfonamides is 1. The summed E-state index contributed by atoms with van der Waals surface area (Å²) in [6.07, 6.45) is 2.88. The van der Waals surface area contributed by atoms with Gasteiger partial charge in [-0.2, -0.15) is 0 Å². The molecule has 0 aliphatic carbocycles. The number of nitrogens with one attached hydrogen (secondary N) is 1. The Morgan fingerprint density at radius 1 is 1.35 bits per heavy atom. The molecule has 1 fully saturated rings. The van der Waals surface area contributed by atoms with Gasteiger partial charge in [0.1, 0.15) is 5.82 Å². The quantitative estimate of drug-likeness (QED) is 0.836. The van der Waals surface area contributed by atoms with Crippen LogP contribution in [0.5, 0.6) is 0 Å². The smallest absolute Gasteiger partial charge is 0.211 e. The van der Waals surface area contributed by atoms with Crippen LogP contribution in [0.2, 0.25) is 0 Å². The van der Waals surface area contributed by atoms with Gasteiger partial charge >= 0.3 is 0 Å². The second-order valence-corrected chi connectivity index (χ2v) is 6.90. The van der Waals surface area contributed by atoms with E-state index < -0.39 is 10.0 Å². The third-order valence-electron chi connectivity index (χ3n) is 3.41. The number of ether oxygens (including phenoxy) is 1. The molecule has 0 saturated carbocycles. The van der Waals surface area contributed by atoms with Crippen molar-refractivity contribution in [2.75, 3.05) is 18.9 Å². The average Bonchev–Trinajstić information content (AvgIpc) is 2.92. The first kappa shape index (κ1) is 15.4. The average molecular weight is 301 g/mol. The van der Waals surface area contributed by atoms with Crippen molar-refractivity contribution in [3.63, 3.8) is 0 Å². The van der Waals surface area contributed by atoms with Crippen molar-refractivity contribution in [1.29, 1.82) is 0 Å². The van der Waals surface area contributed by atoms with Gasteiger partial charge in [-0.15, -0.1) is 0 Å². The van der Waals surface area contributed by atoms with Gasteiger partial charge in [-0.3, -0.25) is 0 Å². The third kappa shape index (κ3) is 4.85. The van der Waals surface area contributed by atoms with Crippen LogP contribution in [-0.4, -0.2) is 33.4 Å². The van der Waals surface area contributed by atoms with Gasteiger partial charge in [0.2, 0.25) is 10.0 Å². The highest BCUT2D eigenvalue weighted by Crippen LogP contribution is 2.15. The van der Waals surface area contributed by atoms with Crippen LogP contribution >= 0.6 is 0 Å². The minimum absolute atomic E-state index is 0.0644. The lowest BCUT2D eigenvalue weighted by atomic mass is 10.1. The van der Waals surface area contributed by atoms with E-state index in [2.05, 4.69) is 4.72 Å². The molecule has 1 aliphatic rings. The Morgan fingerprint density at radius 2 is 2.15 bits per heavy atom. The first-order chi connectivity index (χ1) is 9.57. The van der Waals surface area contributed by atoms with Gasteiger partial charge in [0.25, 0.3) is 0 Å². The first-order valence-corrected chi connectivity index (χ1v) is 8.54. The van der Waals surface area contributed by atoms with Crippen molar-refractivity contribution in [2.24, 2.45) is 0 Å². The maximum atomic E-state index is 13.4. The molecule has 1 saturated heterocycles. The topological polar surface area (TPSA) is 55.4 Å². The van der Waals surface area contributed by atoms with Gasteiger partial charge in [0, 0.05) is 13.2 Å². The summed E-state index contributed by atoms with van der Waals surface area (Å²) < 4.78 is 44.9. The van der Waals surface area contributed by atoms with Crippen LogP contribution in [0.1, 0.15) is 24.8 Å². The molecule has 2 rings (SSSR count).